The first-order chi connectivity index (χ1) is 12.7. The Balaban J connectivity index is 1.58. The summed E-state index contributed by atoms with van der Waals surface area (Å²) in [6, 6.07) is 5.11. The van der Waals surface area contributed by atoms with Crippen LogP contribution in [-0.2, 0) is 9.59 Å². The van der Waals surface area contributed by atoms with Gasteiger partial charge in [0, 0.05) is 13.1 Å². The van der Waals surface area contributed by atoms with Gasteiger partial charge in [-0.2, -0.15) is 13.2 Å². The van der Waals surface area contributed by atoms with Gasteiger partial charge in [-0.15, -0.1) is 0 Å². The van der Waals surface area contributed by atoms with E-state index in [-0.39, 0.29) is 18.8 Å². The molecule has 0 radical (unpaired) electrons. The third kappa shape index (κ3) is 4.77. The minimum atomic E-state index is -4.31. The Bertz CT molecular complexity index is 710. The molecule has 0 aromatic heterocycles. The topological polar surface area (TPSA) is 52.7 Å². The van der Waals surface area contributed by atoms with Crippen LogP contribution in [0.2, 0.25) is 0 Å². The van der Waals surface area contributed by atoms with E-state index in [4.69, 9.17) is 0 Å². The van der Waals surface area contributed by atoms with Crippen molar-refractivity contribution in [3.8, 4) is 0 Å². The third-order valence-corrected chi connectivity index (χ3v) is 4.94. The van der Waals surface area contributed by atoms with Crippen molar-refractivity contribution in [3.63, 3.8) is 0 Å². The lowest BCUT2D eigenvalue weighted by atomic mass is 9.96. The van der Waals surface area contributed by atoms with Gasteiger partial charge < -0.3 is 10.2 Å². The zero-order chi connectivity index (χ0) is 19.6. The molecule has 0 aliphatic carbocycles. The molecule has 1 N–H and O–H groups in total. The van der Waals surface area contributed by atoms with Crippen LogP contribution in [0.5, 0.6) is 0 Å². The van der Waals surface area contributed by atoms with E-state index in [0.29, 0.717) is 25.8 Å². The number of para-hydroxylation sites is 1. The first kappa shape index (κ1) is 19.6. The quantitative estimate of drug-likeness (QED) is 0.807. The molecule has 9 heteroatoms. The zero-order valence-corrected chi connectivity index (χ0v) is 14.6. The standard InChI is InChI=1S/C18H21F4N3O2/c19-13-5-1-2-6-15(13)25-9-7-14(17(25)27)23-16(26)12-4-3-8-24(10-12)11-18(20,21)22/h1-2,5-6,12,14H,3-4,7-11H2,(H,23,26)/t12-,14-/m1/s1. The molecule has 2 aliphatic heterocycles. The number of carbonyl (C=O) groups excluding carboxylic acids is 2. The van der Waals surface area contributed by atoms with Crippen molar-refractivity contribution >= 4 is 17.5 Å². The summed E-state index contributed by atoms with van der Waals surface area (Å²) in [7, 11) is 0. The molecule has 1 aromatic carbocycles. The summed E-state index contributed by atoms with van der Waals surface area (Å²) >= 11 is 0. The fourth-order valence-corrected chi connectivity index (χ4v) is 3.68. The number of benzene rings is 1. The molecular formula is C18H21F4N3O2. The third-order valence-electron chi connectivity index (χ3n) is 4.94. The van der Waals surface area contributed by atoms with Crippen molar-refractivity contribution in [1.82, 2.24) is 10.2 Å². The lowest BCUT2D eigenvalue weighted by Crippen LogP contribution is -2.49. The Hall–Kier alpha value is -2.16. The van der Waals surface area contributed by atoms with Gasteiger partial charge in [0.1, 0.15) is 11.9 Å². The summed E-state index contributed by atoms with van der Waals surface area (Å²) in [6.07, 6.45) is -3.00. The van der Waals surface area contributed by atoms with Crippen LogP contribution in [0.1, 0.15) is 19.3 Å². The van der Waals surface area contributed by atoms with Crippen LogP contribution in [0.3, 0.4) is 0 Å². The molecule has 2 atom stereocenters. The van der Waals surface area contributed by atoms with Crippen molar-refractivity contribution in [1.29, 1.82) is 0 Å². The van der Waals surface area contributed by atoms with E-state index in [1.54, 1.807) is 6.07 Å². The minimum absolute atomic E-state index is 0.0171. The number of piperidine rings is 1. The maximum absolute atomic E-state index is 13.9. The number of likely N-dealkylation sites (tertiary alicyclic amines) is 1. The van der Waals surface area contributed by atoms with Gasteiger partial charge in [-0.05, 0) is 37.9 Å². The number of anilines is 1. The highest BCUT2D eigenvalue weighted by Crippen LogP contribution is 2.26. The van der Waals surface area contributed by atoms with Gasteiger partial charge in [-0.25, -0.2) is 4.39 Å². The number of nitrogens with zero attached hydrogens (tertiary/aromatic N) is 2. The molecule has 2 fully saturated rings. The van der Waals surface area contributed by atoms with Crippen LogP contribution >= 0.6 is 0 Å². The smallest absolute Gasteiger partial charge is 0.344 e. The lowest BCUT2D eigenvalue weighted by molar-refractivity contribution is -0.152. The highest BCUT2D eigenvalue weighted by atomic mass is 19.4. The summed E-state index contributed by atoms with van der Waals surface area (Å²) in [5.41, 5.74) is 0.160. The number of hydrogen-bond acceptors (Lipinski definition) is 3. The number of alkyl halides is 3. The number of amides is 2. The first-order valence-electron chi connectivity index (χ1n) is 8.90. The highest BCUT2D eigenvalue weighted by Gasteiger charge is 2.38. The molecule has 1 aromatic rings. The number of rotatable bonds is 4. The number of nitrogens with one attached hydrogen (secondary N) is 1. The number of carbonyl (C=O) groups is 2. The Morgan fingerprint density at radius 1 is 1.19 bits per heavy atom. The summed E-state index contributed by atoms with van der Waals surface area (Å²) in [5.74, 6) is -1.93. The average molecular weight is 387 g/mol. The molecule has 27 heavy (non-hydrogen) atoms. The second kappa shape index (κ2) is 7.84. The van der Waals surface area contributed by atoms with Crippen LogP contribution in [0.25, 0.3) is 0 Å². The van der Waals surface area contributed by atoms with Gasteiger partial charge in [-0.1, -0.05) is 12.1 Å². The number of hydrogen-bond donors (Lipinski definition) is 1. The van der Waals surface area contributed by atoms with E-state index in [9.17, 15) is 27.2 Å². The van der Waals surface area contributed by atoms with Crippen molar-refractivity contribution in [3.05, 3.63) is 30.1 Å². The van der Waals surface area contributed by atoms with E-state index in [1.807, 2.05) is 0 Å². The van der Waals surface area contributed by atoms with E-state index < -0.39 is 42.3 Å². The van der Waals surface area contributed by atoms with Crippen LogP contribution in [-0.4, -0.2) is 55.1 Å². The van der Waals surface area contributed by atoms with Gasteiger partial charge in [0.25, 0.3) is 0 Å². The fraction of sp³-hybridized carbons (Fsp3) is 0.556. The molecule has 0 unspecified atom stereocenters. The van der Waals surface area contributed by atoms with Crippen LogP contribution < -0.4 is 10.2 Å². The molecule has 0 saturated carbocycles. The van der Waals surface area contributed by atoms with E-state index >= 15 is 0 Å². The molecule has 2 heterocycles. The predicted molar refractivity (Wildman–Crippen MR) is 90.5 cm³/mol. The average Bonchev–Trinajstić information content (AvgIpc) is 2.95. The summed E-state index contributed by atoms with van der Waals surface area (Å²) in [4.78, 5) is 27.5. The van der Waals surface area contributed by atoms with Crippen molar-refractivity contribution < 1.29 is 27.2 Å². The second-order valence-corrected chi connectivity index (χ2v) is 6.98. The largest absolute Gasteiger partial charge is 0.401 e. The number of halogens is 4. The lowest BCUT2D eigenvalue weighted by Gasteiger charge is -2.32. The second-order valence-electron chi connectivity index (χ2n) is 6.98. The van der Waals surface area contributed by atoms with Crippen molar-refractivity contribution in [2.75, 3.05) is 31.1 Å². The van der Waals surface area contributed by atoms with Crippen LogP contribution in [0, 0.1) is 11.7 Å². The maximum atomic E-state index is 13.9. The summed E-state index contributed by atoms with van der Waals surface area (Å²) < 4.78 is 51.6. The molecule has 5 nitrogen and oxygen atoms in total. The van der Waals surface area contributed by atoms with E-state index in [2.05, 4.69) is 5.32 Å². The molecular weight excluding hydrogens is 366 g/mol. The molecule has 2 aliphatic rings. The van der Waals surface area contributed by atoms with Gasteiger partial charge in [-0.3, -0.25) is 14.5 Å². The molecule has 3 rings (SSSR count). The fourth-order valence-electron chi connectivity index (χ4n) is 3.68. The summed E-state index contributed by atoms with van der Waals surface area (Å²) in [5, 5.41) is 2.64. The summed E-state index contributed by atoms with van der Waals surface area (Å²) in [6.45, 7) is -0.453. The van der Waals surface area contributed by atoms with E-state index in [0.717, 1.165) is 0 Å². The predicted octanol–water partition coefficient (Wildman–Crippen LogP) is 2.32. The molecule has 0 spiro atoms. The SMILES string of the molecule is O=C(N[C@@H]1CCN(c2ccccc2F)C1=O)[C@@H]1CCCN(CC(F)(F)F)C1. The molecule has 2 amide bonds. The Morgan fingerprint density at radius 2 is 1.93 bits per heavy atom. The van der Waals surface area contributed by atoms with Gasteiger partial charge >= 0.3 is 6.18 Å². The minimum Gasteiger partial charge on any atom is -0.344 e. The van der Waals surface area contributed by atoms with Crippen LogP contribution in [0.15, 0.2) is 24.3 Å². The zero-order valence-electron chi connectivity index (χ0n) is 14.6. The molecule has 2 saturated heterocycles. The van der Waals surface area contributed by atoms with Gasteiger partial charge in [0.05, 0.1) is 18.2 Å². The Kier molecular flexibility index (Phi) is 5.69. The molecule has 0 bridgehead atoms. The Labute approximate surface area is 154 Å². The van der Waals surface area contributed by atoms with Crippen molar-refractivity contribution in [2.45, 2.75) is 31.5 Å². The Morgan fingerprint density at radius 3 is 2.63 bits per heavy atom. The van der Waals surface area contributed by atoms with Gasteiger partial charge in [0.15, 0.2) is 0 Å². The van der Waals surface area contributed by atoms with Crippen molar-refractivity contribution in [2.24, 2.45) is 5.92 Å². The normalized spacial score (nSPS) is 24.3. The molecule has 148 valence electrons. The highest BCUT2D eigenvalue weighted by molar-refractivity contribution is 6.01. The monoisotopic (exact) mass is 387 g/mol. The first-order valence-corrected chi connectivity index (χ1v) is 8.90. The van der Waals surface area contributed by atoms with Crippen LogP contribution in [0.4, 0.5) is 23.2 Å². The maximum Gasteiger partial charge on any atom is 0.401 e. The van der Waals surface area contributed by atoms with E-state index in [1.165, 1.54) is 28.0 Å². The van der Waals surface area contributed by atoms with Gasteiger partial charge in [0.2, 0.25) is 11.8 Å².